The van der Waals surface area contributed by atoms with Crippen LogP contribution in [-0.4, -0.2) is 27.6 Å². The number of aromatic nitrogens is 3. The highest BCUT2D eigenvalue weighted by molar-refractivity contribution is 5.96. The number of hydrogen-bond donors (Lipinski definition) is 0. The van der Waals surface area contributed by atoms with Crippen molar-refractivity contribution in [3.8, 4) is 11.5 Å². The Kier molecular flexibility index (Phi) is 3.34. The van der Waals surface area contributed by atoms with Gasteiger partial charge in [0.25, 0.3) is 0 Å². The molecule has 2 aromatic heterocycles. The second kappa shape index (κ2) is 5.64. The smallest absolute Gasteiger partial charge is 0.232 e. The van der Waals surface area contributed by atoms with Gasteiger partial charge in [0, 0.05) is 24.8 Å². The molecule has 6 nitrogen and oxygen atoms in total. The lowest BCUT2D eigenvalue weighted by Gasteiger charge is -2.15. The Morgan fingerprint density at radius 1 is 1.09 bits per heavy atom. The minimum Gasteiger partial charge on any atom is -0.339 e. The van der Waals surface area contributed by atoms with Crippen molar-refractivity contribution in [3.05, 3.63) is 60.6 Å². The molecule has 0 N–H and O–H groups in total. The van der Waals surface area contributed by atoms with E-state index in [1.807, 2.05) is 48.5 Å². The summed E-state index contributed by atoms with van der Waals surface area (Å²) in [4.78, 5) is 22.6. The van der Waals surface area contributed by atoms with Crippen molar-refractivity contribution in [2.75, 3.05) is 11.4 Å². The highest BCUT2D eigenvalue weighted by Crippen LogP contribution is 2.31. The number of pyridine rings is 1. The Morgan fingerprint density at radius 2 is 1.91 bits per heavy atom. The lowest BCUT2D eigenvalue weighted by molar-refractivity contribution is -0.117. The second-order valence-corrected chi connectivity index (χ2v) is 5.41. The van der Waals surface area contributed by atoms with Gasteiger partial charge in [0.05, 0.1) is 5.92 Å². The molecule has 1 atom stereocenters. The third-order valence-corrected chi connectivity index (χ3v) is 3.88. The molecular weight excluding hydrogens is 292 g/mol. The number of hydrogen-bond acceptors (Lipinski definition) is 5. The van der Waals surface area contributed by atoms with E-state index in [4.69, 9.17) is 4.52 Å². The molecular formula is C17H14N4O2. The number of nitrogens with zero attached hydrogens (tertiary/aromatic N) is 4. The Bertz CT molecular complexity index is 817. The van der Waals surface area contributed by atoms with Crippen molar-refractivity contribution in [1.82, 2.24) is 15.1 Å². The van der Waals surface area contributed by atoms with Crippen LogP contribution in [0.25, 0.3) is 11.5 Å². The van der Waals surface area contributed by atoms with Gasteiger partial charge in [0.1, 0.15) is 5.69 Å². The quantitative estimate of drug-likeness (QED) is 0.744. The van der Waals surface area contributed by atoms with Crippen LogP contribution in [0, 0.1) is 0 Å². The lowest BCUT2D eigenvalue weighted by atomic mass is 10.1. The summed E-state index contributed by atoms with van der Waals surface area (Å²) in [6, 6.07) is 15.1. The van der Waals surface area contributed by atoms with Gasteiger partial charge in [-0.25, -0.2) is 0 Å². The number of carbonyl (C=O) groups is 1. The molecule has 1 saturated heterocycles. The van der Waals surface area contributed by atoms with Crippen LogP contribution in [0.4, 0.5) is 5.69 Å². The van der Waals surface area contributed by atoms with Crippen LogP contribution in [0.3, 0.4) is 0 Å². The van der Waals surface area contributed by atoms with Gasteiger partial charge >= 0.3 is 0 Å². The molecule has 1 aliphatic rings. The second-order valence-electron chi connectivity index (χ2n) is 5.41. The van der Waals surface area contributed by atoms with Gasteiger partial charge in [-0.3, -0.25) is 9.78 Å². The number of anilines is 1. The van der Waals surface area contributed by atoms with E-state index in [0.29, 0.717) is 30.4 Å². The minimum absolute atomic E-state index is 0.0683. The van der Waals surface area contributed by atoms with Crippen molar-refractivity contribution < 1.29 is 9.32 Å². The van der Waals surface area contributed by atoms with Gasteiger partial charge in [-0.05, 0) is 24.3 Å². The molecule has 23 heavy (non-hydrogen) atoms. The lowest BCUT2D eigenvalue weighted by Crippen LogP contribution is -2.24. The molecule has 0 saturated carbocycles. The molecule has 1 unspecified atom stereocenters. The van der Waals surface area contributed by atoms with Crippen LogP contribution in [0.5, 0.6) is 0 Å². The van der Waals surface area contributed by atoms with Gasteiger partial charge in [0.15, 0.2) is 0 Å². The van der Waals surface area contributed by atoms with Crippen molar-refractivity contribution in [1.29, 1.82) is 0 Å². The van der Waals surface area contributed by atoms with Gasteiger partial charge in [-0.2, -0.15) is 4.98 Å². The van der Waals surface area contributed by atoms with E-state index in [1.165, 1.54) is 0 Å². The van der Waals surface area contributed by atoms with E-state index in [0.717, 1.165) is 5.69 Å². The Morgan fingerprint density at radius 3 is 2.70 bits per heavy atom. The van der Waals surface area contributed by atoms with Crippen LogP contribution in [0.2, 0.25) is 0 Å². The Balaban J connectivity index is 1.56. The van der Waals surface area contributed by atoms with E-state index >= 15 is 0 Å². The van der Waals surface area contributed by atoms with Gasteiger partial charge in [-0.1, -0.05) is 29.4 Å². The predicted molar refractivity (Wildman–Crippen MR) is 83.7 cm³/mol. The van der Waals surface area contributed by atoms with Crippen molar-refractivity contribution >= 4 is 11.6 Å². The van der Waals surface area contributed by atoms with Gasteiger partial charge in [0.2, 0.25) is 17.6 Å². The maximum Gasteiger partial charge on any atom is 0.232 e. The zero-order valence-electron chi connectivity index (χ0n) is 12.3. The fraction of sp³-hybridized carbons (Fsp3) is 0.176. The van der Waals surface area contributed by atoms with Crippen molar-refractivity contribution in [2.24, 2.45) is 0 Å². The molecule has 1 amide bonds. The van der Waals surface area contributed by atoms with Crippen LogP contribution >= 0.6 is 0 Å². The minimum atomic E-state index is -0.0901. The predicted octanol–water partition coefficient (Wildman–Crippen LogP) is 2.65. The number of benzene rings is 1. The topological polar surface area (TPSA) is 72.1 Å². The standard InChI is InChI=1S/C17H14N4O2/c22-15-10-12(11-21(15)13-6-2-1-3-7-13)17-19-16(20-23-17)14-8-4-5-9-18-14/h1-9,12H,10-11H2. The van der Waals surface area contributed by atoms with E-state index in [1.54, 1.807) is 11.1 Å². The van der Waals surface area contributed by atoms with E-state index in [-0.39, 0.29) is 11.8 Å². The normalized spacial score (nSPS) is 17.7. The summed E-state index contributed by atoms with van der Waals surface area (Å²) >= 11 is 0. The molecule has 1 aliphatic heterocycles. The van der Waals surface area contributed by atoms with Crippen molar-refractivity contribution in [2.45, 2.75) is 12.3 Å². The maximum atomic E-state index is 12.3. The summed E-state index contributed by atoms with van der Waals surface area (Å²) in [7, 11) is 0. The zero-order valence-corrected chi connectivity index (χ0v) is 12.3. The van der Waals surface area contributed by atoms with Gasteiger partial charge < -0.3 is 9.42 Å². The molecule has 0 spiro atoms. The first-order chi connectivity index (χ1) is 11.3. The molecule has 0 bridgehead atoms. The highest BCUT2D eigenvalue weighted by atomic mass is 16.5. The summed E-state index contributed by atoms with van der Waals surface area (Å²) in [5, 5.41) is 3.98. The van der Waals surface area contributed by atoms with Crippen molar-refractivity contribution in [3.63, 3.8) is 0 Å². The third-order valence-electron chi connectivity index (χ3n) is 3.88. The number of carbonyl (C=O) groups excluding carboxylic acids is 1. The zero-order chi connectivity index (χ0) is 15.6. The first-order valence-corrected chi connectivity index (χ1v) is 7.41. The van der Waals surface area contributed by atoms with E-state index < -0.39 is 0 Å². The summed E-state index contributed by atoms with van der Waals surface area (Å²) in [5.74, 6) is 0.912. The number of para-hydroxylation sites is 1. The van der Waals surface area contributed by atoms with Crippen LogP contribution in [0.1, 0.15) is 18.2 Å². The molecule has 6 heteroatoms. The number of rotatable bonds is 3. The Labute approximate surface area is 132 Å². The molecule has 4 rings (SSSR count). The first kappa shape index (κ1) is 13.6. The largest absolute Gasteiger partial charge is 0.339 e. The highest BCUT2D eigenvalue weighted by Gasteiger charge is 2.35. The molecule has 1 fully saturated rings. The van der Waals surface area contributed by atoms with E-state index in [9.17, 15) is 4.79 Å². The molecule has 114 valence electrons. The average molecular weight is 306 g/mol. The fourth-order valence-electron chi connectivity index (χ4n) is 2.73. The number of amides is 1. The maximum absolute atomic E-state index is 12.3. The van der Waals surface area contributed by atoms with Gasteiger partial charge in [-0.15, -0.1) is 0 Å². The molecule has 3 aromatic rings. The molecule has 0 aliphatic carbocycles. The average Bonchev–Trinajstić information content (AvgIpc) is 3.23. The fourth-order valence-corrected chi connectivity index (χ4v) is 2.73. The summed E-state index contributed by atoms with van der Waals surface area (Å²) < 4.78 is 5.36. The SMILES string of the molecule is O=C1CC(c2nc(-c3ccccn3)no2)CN1c1ccccc1. The van der Waals surface area contributed by atoms with Crippen LogP contribution in [-0.2, 0) is 4.79 Å². The summed E-state index contributed by atoms with van der Waals surface area (Å²) in [6.45, 7) is 0.548. The van der Waals surface area contributed by atoms with Crippen LogP contribution in [0.15, 0.2) is 59.3 Å². The van der Waals surface area contributed by atoms with E-state index in [2.05, 4.69) is 15.1 Å². The van der Waals surface area contributed by atoms with Crippen LogP contribution < -0.4 is 4.90 Å². The first-order valence-electron chi connectivity index (χ1n) is 7.41. The summed E-state index contributed by atoms with van der Waals surface area (Å²) in [5.41, 5.74) is 1.55. The molecule has 3 heterocycles. The third kappa shape index (κ3) is 2.59. The summed E-state index contributed by atoms with van der Waals surface area (Å²) in [6.07, 6.45) is 2.06. The Hall–Kier alpha value is -3.02. The molecule has 0 radical (unpaired) electrons. The molecule has 1 aromatic carbocycles. The monoisotopic (exact) mass is 306 g/mol.